The summed E-state index contributed by atoms with van der Waals surface area (Å²) in [6.45, 7) is 7.28. The van der Waals surface area contributed by atoms with Crippen molar-refractivity contribution in [3.05, 3.63) is 47.3 Å². The summed E-state index contributed by atoms with van der Waals surface area (Å²) in [5.41, 5.74) is 5.35. The molecule has 5 heteroatoms. The Hall–Kier alpha value is -2.01. The zero-order chi connectivity index (χ0) is 18.3. The lowest BCUT2D eigenvalue weighted by Gasteiger charge is -2.08. The summed E-state index contributed by atoms with van der Waals surface area (Å²) in [4.78, 5) is 17.6. The quantitative estimate of drug-likeness (QED) is 0.427. The number of carbonyl (C=O) groups excluding carboxylic acids is 1. The Morgan fingerprint density at radius 3 is 2.77 bits per heavy atom. The molecule has 1 fully saturated rings. The molecule has 0 unspecified atom stereocenters. The van der Waals surface area contributed by atoms with Crippen molar-refractivity contribution in [1.29, 1.82) is 0 Å². The van der Waals surface area contributed by atoms with Crippen LogP contribution in [0.25, 0.3) is 11.0 Å². The van der Waals surface area contributed by atoms with E-state index in [9.17, 15) is 4.79 Å². The second-order valence-electron chi connectivity index (χ2n) is 7.13. The molecule has 4 rings (SSSR count). The van der Waals surface area contributed by atoms with E-state index in [2.05, 4.69) is 42.0 Å². The molecule has 1 aliphatic rings. The summed E-state index contributed by atoms with van der Waals surface area (Å²) in [7, 11) is 0. The average Bonchev–Trinajstić information content (AvgIpc) is 3.34. The number of carbonyl (C=O) groups is 1. The minimum atomic E-state index is 0.199. The Kier molecular flexibility index (Phi) is 4.65. The Labute approximate surface area is 158 Å². The molecule has 1 aromatic carbocycles. The van der Waals surface area contributed by atoms with Gasteiger partial charge in [-0.3, -0.25) is 4.79 Å². The minimum absolute atomic E-state index is 0.199. The Balaban J connectivity index is 1.56. The molecule has 0 amide bonds. The van der Waals surface area contributed by atoms with E-state index in [-0.39, 0.29) is 5.78 Å². The monoisotopic (exact) mass is 367 g/mol. The summed E-state index contributed by atoms with van der Waals surface area (Å²) < 4.78 is 4.57. The van der Waals surface area contributed by atoms with Gasteiger partial charge in [0.15, 0.2) is 10.9 Å². The van der Waals surface area contributed by atoms with Crippen molar-refractivity contribution >= 4 is 28.6 Å². The largest absolute Gasteiger partial charge is 0.345 e. The van der Waals surface area contributed by atoms with E-state index < -0.39 is 0 Å². The Morgan fingerprint density at radius 2 is 2.04 bits per heavy atom. The van der Waals surface area contributed by atoms with Gasteiger partial charge in [-0.1, -0.05) is 30.8 Å². The number of hydrogen-bond donors (Lipinski definition) is 0. The van der Waals surface area contributed by atoms with Crippen LogP contribution in [0.15, 0.2) is 35.5 Å². The van der Waals surface area contributed by atoms with E-state index in [0.29, 0.717) is 11.8 Å². The molecule has 0 saturated heterocycles. The van der Waals surface area contributed by atoms with E-state index in [1.165, 1.54) is 18.5 Å². The van der Waals surface area contributed by atoms with Crippen LogP contribution in [0.2, 0.25) is 0 Å². The molecule has 2 aromatic heterocycles. The van der Waals surface area contributed by atoms with Gasteiger partial charge in [0.1, 0.15) is 0 Å². The lowest BCUT2D eigenvalue weighted by molar-refractivity contribution is 0.102. The van der Waals surface area contributed by atoms with Crippen molar-refractivity contribution < 1.29 is 4.79 Å². The number of nitrogens with zero attached hydrogens (tertiary/aromatic N) is 3. The van der Waals surface area contributed by atoms with Gasteiger partial charge in [0.2, 0.25) is 0 Å². The van der Waals surface area contributed by atoms with Crippen LogP contribution in [0.4, 0.5) is 0 Å². The molecule has 1 aliphatic carbocycles. The highest BCUT2D eigenvalue weighted by atomic mass is 32.2. The van der Waals surface area contributed by atoms with E-state index >= 15 is 0 Å². The molecule has 0 N–H and O–H groups in total. The fourth-order valence-electron chi connectivity index (χ4n) is 3.77. The predicted molar refractivity (Wildman–Crippen MR) is 107 cm³/mol. The first-order valence-corrected chi connectivity index (χ1v) is 10.4. The number of aromatic nitrogens is 3. The first-order chi connectivity index (χ1) is 12.6. The zero-order valence-electron chi connectivity index (χ0n) is 15.7. The van der Waals surface area contributed by atoms with Crippen molar-refractivity contribution in [2.75, 3.05) is 5.75 Å². The normalized spacial score (nSPS) is 14.3. The summed E-state index contributed by atoms with van der Waals surface area (Å²) in [6.07, 6.45) is 3.52. The van der Waals surface area contributed by atoms with Crippen LogP contribution in [0, 0.1) is 13.8 Å². The number of aryl methyl sites for hydroxylation is 2. The molecule has 136 valence electrons. The Bertz CT molecular complexity index is 965. The highest BCUT2D eigenvalue weighted by Crippen LogP contribution is 2.38. The van der Waals surface area contributed by atoms with Gasteiger partial charge in [-0.05, 0) is 51.3 Å². The maximum atomic E-state index is 12.9. The fourth-order valence-corrected chi connectivity index (χ4v) is 4.69. The second-order valence-corrected chi connectivity index (χ2v) is 8.08. The van der Waals surface area contributed by atoms with Gasteiger partial charge in [-0.15, -0.1) is 0 Å². The number of imidazole rings is 1. The molecule has 0 bridgehead atoms. The maximum absolute atomic E-state index is 12.9. The highest BCUT2D eigenvalue weighted by molar-refractivity contribution is 7.99. The third kappa shape index (κ3) is 3.09. The number of fused-ring (bicyclic) bond motifs is 1. The van der Waals surface area contributed by atoms with Crippen LogP contribution in [-0.2, 0) is 6.54 Å². The topological polar surface area (TPSA) is 39.8 Å². The number of ketones is 1. The van der Waals surface area contributed by atoms with E-state index in [0.717, 1.165) is 40.4 Å². The van der Waals surface area contributed by atoms with Gasteiger partial charge >= 0.3 is 0 Å². The summed E-state index contributed by atoms with van der Waals surface area (Å²) in [5.74, 6) is 0.632. The highest BCUT2D eigenvalue weighted by Gasteiger charge is 2.28. The number of rotatable bonds is 7. The van der Waals surface area contributed by atoms with E-state index in [4.69, 9.17) is 4.98 Å². The van der Waals surface area contributed by atoms with Crippen LogP contribution in [0.1, 0.15) is 54.0 Å². The van der Waals surface area contributed by atoms with E-state index in [1.807, 2.05) is 18.2 Å². The van der Waals surface area contributed by atoms with Crippen LogP contribution in [-0.4, -0.2) is 25.7 Å². The number of para-hydroxylation sites is 2. The number of benzene rings is 1. The van der Waals surface area contributed by atoms with E-state index in [1.54, 1.807) is 11.8 Å². The van der Waals surface area contributed by atoms with Gasteiger partial charge in [0.25, 0.3) is 0 Å². The maximum Gasteiger partial charge on any atom is 0.175 e. The summed E-state index contributed by atoms with van der Waals surface area (Å²) in [5, 5.41) is 0.942. The first kappa shape index (κ1) is 17.4. The molecule has 0 spiro atoms. The van der Waals surface area contributed by atoms with Crippen molar-refractivity contribution in [2.24, 2.45) is 0 Å². The smallest absolute Gasteiger partial charge is 0.175 e. The van der Waals surface area contributed by atoms with Crippen molar-refractivity contribution in [3.63, 3.8) is 0 Å². The molecule has 0 aliphatic heterocycles. The van der Waals surface area contributed by atoms with Crippen molar-refractivity contribution in [3.8, 4) is 0 Å². The number of thioether (sulfide) groups is 1. The molecule has 26 heavy (non-hydrogen) atoms. The molecule has 2 heterocycles. The van der Waals surface area contributed by atoms with Gasteiger partial charge in [-0.25, -0.2) is 4.98 Å². The molecular weight excluding hydrogens is 342 g/mol. The second kappa shape index (κ2) is 6.95. The third-order valence-corrected chi connectivity index (χ3v) is 6.07. The average molecular weight is 368 g/mol. The van der Waals surface area contributed by atoms with Gasteiger partial charge < -0.3 is 9.13 Å². The fraction of sp³-hybridized carbons (Fsp3) is 0.429. The Morgan fingerprint density at radius 1 is 1.27 bits per heavy atom. The minimum Gasteiger partial charge on any atom is -0.345 e. The standard InChI is InChI=1S/C21H25N3OS/c1-4-11-23-19-8-6-5-7-18(19)22-21(23)26-13-20(25)17-12-14(2)24(15(17)3)16-9-10-16/h5-8,12,16H,4,9-11,13H2,1-3H3. The van der Waals surface area contributed by atoms with Crippen LogP contribution in [0.3, 0.4) is 0 Å². The summed E-state index contributed by atoms with van der Waals surface area (Å²) in [6, 6.07) is 10.9. The molecule has 1 saturated carbocycles. The molecular formula is C21H25N3OS. The number of hydrogen-bond acceptors (Lipinski definition) is 3. The zero-order valence-corrected chi connectivity index (χ0v) is 16.5. The predicted octanol–water partition coefficient (Wildman–Crippen LogP) is 5.17. The van der Waals surface area contributed by atoms with Gasteiger partial charge in [0.05, 0.1) is 16.8 Å². The van der Waals surface area contributed by atoms with Crippen LogP contribution >= 0.6 is 11.8 Å². The SMILES string of the molecule is CCCn1c(SCC(=O)c2cc(C)n(C3CC3)c2C)nc2ccccc21. The molecule has 0 atom stereocenters. The van der Waals surface area contributed by atoms with Crippen molar-refractivity contribution in [2.45, 2.75) is 57.8 Å². The van der Waals surface area contributed by atoms with Crippen LogP contribution < -0.4 is 0 Å². The molecule has 0 radical (unpaired) electrons. The van der Waals surface area contributed by atoms with Crippen molar-refractivity contribution in [1.82, 2.24) is 14.1 Å². The van der Waals surface area contributed by atoms with Gasteiger partial charge in [0, 0.05) is 29.5 Å². The first-order valence-electron chi connectivity index (χ1n) is 9.39. The number of Topliss-reactive ketones (excluding diaryl/α,β-unsaturated/α-hetero) is 1. The third-order valence-electron chi connectivity index (χ3n) is 5.10. The lowest BCUT2D eigenvalue weighted by atomic mass is 10.2. The van der Waals surface area contributed by atoms with Gasteiger partial charge in [-0.2, -0.15) is 0 Å². The summed E-state index contributed by atoms with van der Waals surface area (Å²) >= 11 is 1.56. The lowest BCUT2D eigenvalue weighted by Crippen LogP contribution is -2.07. The molecule has 4 nitrogen and oxygen atoms in total. The molecule has 3 aromatic rings. The van der Waals surface area contributed by atoms with Crippen LogP contribution in [0.5, 0.6) is 0 Å².